The lowest BCUT2D eigenvalue weighted by molar-refractivity contribution is 0.981. The average Bonchev–Trinajstić information content (AvgIpc) is 4.10. The summed E-state index contributed by atoms with van der Waals surface area (Å²) in [5.41, 5.74) is 37.4. The zero-order valence-electron chi connectivity index (χ0n) is 32.2. The van der Waals surface area contributed by atoms with Crippen LogP contribution in [0, 0.1) is 0 Å². The van der Waals surface area contributed by atoms with Crippen molar-refractivity contribution in [3.63, 3.8) is 0 Å². The van der Waals surface area contributed by atoms with E-state index in [2.05, 4.69) is 146 Å². The second-order valence-electron chi connectivity index (χ2n) is 17.4. The molecule has 6 aromatic carbocycles. The van der Waals surface area contributed by atoms with Gasteiger partial charge in [-0.25, -0.2) is 0 Å². The third-order valence-corrected chi connectivity index (χ3v) is 14.3. The van der Waals surface area contributed by atoms with Crippen LogP contribution in [0.4, 0.5) is 0 Å². The normalized spacial score (nSPS) is 18.5. The van der Waals surface area contributed by atoms with E-state index in [1.54, 1.807) is 61.3 Å². The molecule has 270 valence electrons. The van der Waals surface area contributed by atoms with Gasteiger partial charge in [-0.2, -0.15) is 0 Å². The summed E-state index contributed by atoms with van der Waals surface area (Å²) >= 11 is 0. The van der Waals surface area contributed by atoms with E-state index in [0.29, 0.717) is 0 Å². The molecule has 0 spiro atoms. The summed E-state index contributed by atoms with van der Waals surface area (Å²) < 4.78 is 0. The molecule has 0 unspecified atom stereocenters. The van der Waals surface area contributed by atoms with Crippen molar-refractivity contribution in [2.24, 2.45) is 0 Å². The van der Waals surface area contributed by atoms with Gasteiger partial charge in [0.05, 0.1) is 0 Å². The molecule has 0 atom stereocenters. The van der Waals surface area contributed by atoms with Crippen LogP contribution >= 0.6 is 0 Å². The lowest BCUT2D eigenvalue weighted by Crippen LogP contribution is -1.93. The summed E-state index contributed by atoms with van der Waals surface area (Å²) in [6.45, 7) is 0. The van der Waals surface area contributed by atoms with Crippen LogP contribution in [0.2, 0.25) is 0 Å². The molecule has 9 aliphatic rings. The molecule has 0 radical (unpaired) electrons. The van der Waals surface area contributed by atoms with E-state index in [1.807, 2.05) is 0 Å². The van der Waals surface area contributed by atoms with Crippen LogP contribution in [0.3, 0.4) is 0 Å². The lowest BCUT2D eigenvalue weighted by atomic mass is 9.91. The van der Waals surface area contributed by atoms with Crippen LogP contribution in [0.1, 0.15) is 86.0 Å². The summed E-state index contributed by atoms with van der Waals surface area (Å²) in [4.78, 5) is 0. The summed E-state index contributed by atoms with van der Waals surface area (Å²) in [7, 11) is 0. The predicted octanol–water partition coefficient (Wildman–Crippen LogP) is 13.1. The largest absolute Gasteiger partial charge is 0.0619 e. The number of hydrogen-bond donors (Lipinski definition) is 0. The first-order valence-electron chi connectivity index (χ1n) is 21.1. The second-order valence-corrected chi connectivity index (χ2v) is 17.4. The van der Waals surface area contributed by atoms with Crippen molar-refractivity contribution < 1.29 is 0 Å². The second kappa shape index (κ2) is 12.1. The predicted molar refractivity (Wildman–Crippen MR) is 235 cm³/mol. The Morgan fingerprint density at radius 1 is 0.175 bits per heavy atom. The Labute approximate surface area is 335 Å². The minimum absolute atomic E-state index is 1.15. The maximum absolute atomic E-state index is 2.33. The average molecular weight is 727 g/mol. The molecule has 0 heteroatoms. The van der Waals surface area contributed by atoms with E-state index >= 15 is 0 Å². The third kappa shape index (κ3) is 4.68. The Bertz CT molecular complexity index is 2810. The summed E-state index contributed by atoms with van der Waals surface area (Å²) in [5, 5.41) is 0. The van der Waals surface area contributed by atoms with Crippen molar-refractivity contribution in [3.8, 4) is 0 Å². The van der Waals surface area contributed by atoms with E-state index in [-0.39, 0.29) is 0 Å². The van der Waals surface area contributed by atoms with Crippen molar-refractivity contribution in [1.29, 1.82) is 0 Å². The molecule has 6 aromatic rings. The molecule has 0 fully saturated rings. The SMILES string of the molecule is c1ccc2c(c1)CC1=C2C2=C(C1)CC1=C2c2ccccc2C1.c1ccc2c(c1)CC1=C2C2=C(C1)Cc1ccccc12.c1ccc2c(c1)CC1=C2c2ccccc2C1. The van der Waals surface area contributed by atoms with Crippen LogP contribution in [0.25, 0.3) is 27.9 Å². The van der Waals surface area contributed by atoms with E-state index in [0.717, 1.165) is 12.8 Å². The summed E-state index contributed by atoms with van der Waals surface area (Å²) in [6.07, 6.45) is 10.6. The van der Waals surface area contributed by atoms with Crippen molar-refractivity contribution in [1.82, 2.24) is 0 Å². The van der Waals surface area contributed by atoms with Gasteiger partial charge >= 0.3 is 0 Å². The van der Waals surface area contributed by atoms with E-state index in [4.69, 9.17) is 0 Å². The Balaban J connectivity index is 0.0000000907. The minimum Gasteiger partial charge on any atom is -0.0619 e. The number of rotatable bonds is 0. The van der Waals surface area contributed by atoms with Gasteiger partial charge in [0.1, 0.15) is 0 Å². The first-order chi connectivity index (χ1) is 28.2. The highest BCUT2D eigenvalue weighted by molar-refractivity contribution is 6.14. The fourth-order valence-corrected chi connectivity index (χ4v) is 12.1. The number of benzene rings is 6. The van der Waals surface area contributed by atoms with Crippen LogP contribution in [-0.4, -0.2) is 0 Å². The lowest BCUT2D eigenvalue weighted by Gasteiger charge is -2.12. The molecule has 0 bridgehead atoms. The fourth-order valence-electron chi connectivity index (χ4n) is 12.1. The first-order valence-corrected chi connectivity index (χ1v) is 21.1. The van der Waals surface area contributed by atoms with E-state index < -0.39 is 0 Å². The highest BCUT2D eigenvalue weighted by atomic mass is 14.4. The maximum atomic E-state index is 2.33. The highest BCUT2D eigenvalue weighted by Gasteiger charge is 2.40. The quantitative estimate of drug-likeness (QED) is 0.146. The topological polar surface area (TPSA) is 0 Å². The molecular formula is C57H42. The molecule has 0 N–H and O–H groups in total. The zero-order chi connectivity index (χ0) is 37.2. The van der Waals surface area contributed by atoms with Gasteiger partial charge in [-0.1, -0.05) is 179 Å². The Hall–Kier alpha value is -6.24. The molecule has 57 heavy (non-hydrogen) atoms. The van der Waals surface area contributed by atoms with Crippen LogP contribution in [-0.2, 0) is 38.5 Å². The Kier molecular flexibility index (Phi) is 6.79. The molecule has 9 aliphatic carbocycles. The van der Waals surface area contributed by atoms with Crippen molar-refractivity contribution >= 4 is 27.9 Å². The molecule has 0 saturated carbocycles. The summed E-state index contributed by atoms with van der Waals surface area (Å²) in [5.74, 6) is 0. The molecule has 0 heterocycles. The minimum atomic E-state index is 1.15. The van der Waals surface area contributed by atoms with Crippen molar-refractivity contribution in [2.75, 3.05) is 0 Å². The fraction of sp³-hybridized carbons (Fsp3) is 0.158. The smallest absolute Gasteiger partial charge is 0.00481 e. The van der Waals surface area contributed by atoms with Crippen molar-refractivity contribution in [2.45, 2.75) is 57.8 Å². The molecule has 0 nitrogen and oxygen atoms in total. The standard InChI is InChI=1S/C22H16.C19H14.C16H12/c1-3-7-18-13(5-1)9-15-11-17-12-16-10-14-6-2-4-8-19(14)21(16)22(17)20(15)18;1-3-7-16-12(5-1)9-14-11-15-10-13-6-2-4-8-17(13)19(15)18(14)16;1-3-7-14-11(5-1)9-13-10-12-6-2-4-8-15(12)16(13)14/h1-8H,9-12H2;1-8H,9-11H2;1-8H,9-10H2. The Morgan fingerprint density at radius 2 is 0.368 bits per heavy atom. The number of allylic oxidation sites excluding steroid dienone is 11. The van der Waals surface area contributed by atoms with Gasteiger partial charge in [-0.05, 0) is 158 Å². The van der Waals surface area contributed by atoms with Gasteiger partial charge in [0.15, 0.2) is 0 Å². The Morgan fingerprint density at radius 3 is 0.649 bits per heavy atom. The third-order valence-electron chi connectivity index (χ3n) is 14.3. The monoisotopic (exact) mass is 726 g/mol. The van der Waals surface area contributed by atoms with Crippen LogP contribution < -0.4 is 0 Å². The maximum Gasteiger partial charge on any atom is -0.00481 e. The van der Waals surface area contributed by atoms with Gasteiger partial charge in [0.2, 0.25) is 0 Å². The highest BCUT2D eigenvalue weighted by Crippen LogP contribution is 2.59. The van der Waals surface area contributed by atoms with Gasteiger partial charge in [0, 0.05) is 0 Å². The molecule has 0 saturated heterocycles. The van der Waals surface area contributed by atoms with Crippen LogP contribution in [0.5, 0.6) is 0 Å². The van der Waals surface area contributed by atoms with Gasteiger partial charge in [-0.3, -0.25) is 0 Å². The molecule has 0 amide bonds. The molecule has 0 aromatic heterocycles. The molecule has 0 aliphatic heterocycles. The van der Waals surface area contributed by atoms with Crippen molar-refractivity contribution in [3.05, 3.63) is 251 Å². The van der Waals surface area contributed by atoms with Gasteiger partial charge in [-0.15, -0.1) is 0 Å². The van der Waals surface area contributed by atoms with E-state index in [1.165, 1.54) is 117 Å². The summed E-state index contributed by atoms with van der Waals surface area (Å²) in [6, 6.07) is 53.5. The first kappa shape index (κ1) is 31.9. The molecular weight excluding hydrogens is 685 g/mol. The van der Waals surface area contributed by atoms with Gasteiger partial charge in [0.25, 0.3) is 0 Å². The molecule has 15 rings (SSSR count). The van der Waals surface area contributed by atoms with E-state index in [9.17, 15) is 0 Å². The zero-order valence-corrected chi connectivity index (χ0v) is 32.2. The van der Waals surface area contributed by atoms with Gasteiger partial charge < -0.3 is 0 Å². The number of fused-ring (bicyclic) bond motifs is 15. The number of hydrogen-bond acceptors (Lipinski definition) is 0. The van der Waals surface area contributed by atoms with Crippen LogP contribution in [0.15, 0.2) is 185 Å².